The number of hydrogen-bond acceptors (Lipinski definition) is 12. The number of esters is 2. The van der Waals surface area contributed by atoms with Crippen molar-refractivity contribution in [3.63, 3.8) is 0 Å². The van der Waals surface area contributed by atoms with E-state index in [2.05, 4.69) is 19.4 Å². The second-order valence-corrected chi connectivity index (χ2v) is 18.0. The zero-order valence-electron chi connectivity index (χ0n) is 34.4. The monoisotopic (exact) mass is 878 g/mol. The first-order chi connectivity index (χ1) is 29.7. The molecular weight excluding hydrogens is 833 g/mol. The summed E-state index contributed by atoms with van der Waals surface area (Å²) in [5.74, 6) is -1.33. The summed E-state index contributed by atoms with van der Waals surface area (Å²) in [7, 11) is -4.52. The molecule has 0 bridgehead atoms. The lowest BCUT2D eigenvalue weighted by atomic mass is 10.0. The highest BCUT2D eigenvalue weighted by molar-refractivity contribution is 7.89. The van der Waals surface area contributed by atoms with Crippen LogP contribution in [0.5, 0.6) is 11.5 Å². The van der Waals surface area contributed by atoms with E-state index in [4.69, 9.17) is 18.9 Å². The Balaban J connectivity index is 1.07. The molecule has 322 valence electrons. The van der Waals surface area contributed by atoms with Crippen molar-refractivity contribution in [1.82, 2.24) is 19.4 Å². The van der Waals surface area contributed by atoms with E-state index in [0.717, 1.165) is 11.1 Å². The van der Waals surface area contributed by atoms with Crippen LogP contribution in [0.2, 0.25) is 0 Å². The quantitative estimate of drug-likeness (QED) is 0.0653. The lowest BCUT2D eigenvalue weighted by Crippen LogP contribution is -2.30. The molecule has 2 N–H and O–H groups in total. The number of nitrogens with zero attached hydrogens (tertiary/aromatic N) is 2. The predicted molar refractivity (Wildman–Crippen MR) is 232 cm³/mol. The number of hydrogen-bond donors (Lipinski definition) is 2. The third-order valence-electron chi connectivity index (χ3n) is 9.75. The molecule has 0 spiro atoms. The van der Waals surface area contributed by atoms with Crippen LogP contribution < -0.4 is 18.9 Å². The van der Waals surface area contributed by atoms with Crippen LogP contribution in [0.1, 0.15) is 50.0 Å². The second kappa shape index (κ2) is 20.4. The van der Waals surface area contributed by atoms with Crippen LogP contribution in [-0.4, -0.2) is 65.0 Å². The first kappa shape index (κ1) is 45.1. The van der Waals surface area contributed by atoms with E-state index in [1.165, 1.54) is 26.2 Å². The molecule has 4 atom stereocenters. The van der Waals surface area contributed by atoms with Gasteiger partial charge in [-0.15, -0.1) is 0 Å². The topological polar surface area (TPSA) is 189 Å². The molecule has 4 aromatic carbocycles. The standard InChI is InChI=1S/C46H46N4O10S2/c1-31(25-43(37-11-7-23-49-29-37)59-39-19-15-33(16-20-39)35-9-5-13-41(27-35)61(53,54)47-3)57-45(51)46(52)58-32(2)26-44(38-12-8-24-50-30-38)60-40-21-17-34(18-22-40)36-10-6-14-42(28-36)62(55,56)48-4/h5-24,27-32,43-44,47-48H,25-26H2,1-4H3. The van der Waals surface area contributed by atoms with Crippen molar-refractivity contribution in [2.24, 2.45) is 0 Å². The third-order valence-corrected chi connectivity index (χ3v) is 12.6. The van der Waals surface area contributed by atoms with Crippen molar-refractivity contribution in [3.8, 4) is 33.8 Å². The molecule has 2 heterocycles. The maximum atomic E-state index is 13.1. The molecule has 0 fully saturated rings. The number of carbonyl (C=O) groups excluding carboxylic acids is 2. The van der Waals surface area contributed by atoms with Crippen LogP contribution >= 0.6 is 0 Å². The fraction of sp³-hybridized carbons (Fsp3) is 0.217. The molecule has 62 heavy (non-hydrogen) atoms. The summed E-state index contributed by atoms with van der Waals surface area (Å²) in [6.45, 7) is 3.30. The molecule has 0 aliphatic rings. The summed E-state index contributed by atoms with van der Waals surface area (Å²) >= 11 is 0. The predicted octanol–water partition coefficient (Wildman–Crippen LogP) is 7.21. The Kier molecular flexibility index (Phi) is 14.8. The van der Waals surface area contributed by atoms with E-state index in [-0.39, 0.29) is 22.6 Å². The van der Waals surface area contributed by atoms with Crippen LogP contribution in [-0.2, 0) is 39.1 Å². The van der Waals surface area contributed by atoms with Crippen LogP contribution in [0.4, 0.5) is 0 Å². The molecule has 0 aliphatic carbocycles. The highest BCUT2D eigenvalue weighted by Gasteiger charge is 2.28. The summed E-state index contributed by atoms with van der Waals surface area (Å²) in [5, 5.41) is 0. The number of rotatable bonds is 18. The molecule has 14 nitrogen and oxygen atoms in total. The van der Waals surface area contributed by atoms with E-state index < -0.39 is 56.4 Å². The molecule has 0 aliphatic heterocycles. The van der Waals surface area contributed by atoms with Crippen molar-refractivity contribution in [2.45, 2.75) is 60.9 Å². The minimum atomic E-state index is -3.62. The minimum absolute atomic E-state index is 0.144. The molecule has 0 amide bonds. The highest BCUT2D eigenvalue weighted by atomic mass is 32.2. The van der Waals surface area contributed by atoms with Gasteiger partial charge in [0.15, 0.2) is 0 Å². The SMILES string of the molecule is CNS(=O)(=O)c1cccc(-c2ccc(OC(CC(C)OC(=O)C(=O)OC(C)CC(Oc3ccc(-c4cccc(S(=O)(=O)NC)c4)cc3)c3cccnc3)c3cccnc3)cc2)c1. The Labute approximate surface area is 361 Å². The van der Waals surface area contributed by atoms with Gasteiger partial charge in [-0.3, -0.25) is 9.97 Å². The largest absolute Gasteiger partial charge is 0.486 e. The van der Waals surface area contributed by atoms with Crippen molar-refractivity contribution >= 4 is 32.0 Å². The molecule has 16 heteroatoms. The third kappa shape index (κ3) is 11.9. The lowest BCUT2D eigenvalue weighted by Gasteiger charge is -2.24. The summed E-state index contributed by atoms with van der Waals surface area (Å²) in [6.07, 6.45) is 4.07. The summed E-state index contributed by atoms with van der Waals surface area (Å²) < 4.78 is 77.8. The number of ether oxygens (including phenoxy) is 4. The molecule has 6 rings (SSSR count). The summed E-state index contributed by atoms with van der Waals surface area (Å²) in [5.41, 5.74) is 4.38. The van der Waals surface area contributed by atoms with Gasteiger partial charge in [-0.25, -0.2) is 35.9 Å². The maximum Gasteiger partial charge on any atom is 0.417 e. The van der Waals surface area contributed by atoms with Crippen LogP contribution in [0, 0.1) is 0 Å². The average Bonchev–Trinajstić information content (AvgIpc) is 3.29. The Morgan fingerprint density at radius 2 is 0.919 bits per heavy atom. The number of carbonyl (C=O) groups is 2. The summed E-state index contributed by atoms with van der Waals surface area (Å²) in [6, 6.07) is 34.6. The Morgan fingerprint density at radius 1 is 0.532 bits per heavy atom. The van der Waals surface area contributed by atoms with Crippen LogP contribution in [0.15, 0.2) is 156 Å². The van der Waals surface area contributed by atoms with Gasteiger partial charge in [0.05, 0.1) is 9.79 Å². The average molecular weight is 879 g/mol. The van der Waals surface area contributed by atoms with Gasteiger partial charge in [0.2, 0.25) is 20.0 Å². The minimum Gasteiger partial charge on any atom is -0.486 e. The second-order valence-electron chi connectivity index (χ2n) is 14.2. The van der Waals surface area contributed by atoms with Gasteiger partial charge in [-0.2, -0.15) is 0 Å². The number of pyridine rings is 2. The fourth-order valence-corrected chi connectivity index (χ4v) is 8.05. The van der Waals surface area contributed by atoms with Crippen molar-refractivity contribution in [3.05, 3.63) is 157 Å². The first-order valence-corrected chi connectivity index (χ1v) is 22.5. The molecule has 0 saturated carbocycles. The Morgan fingerprint density at radius 3 is 1.26 bits per heavy atom. The molecular formula is C46H46N4O10S2. The van der Waals surface area contributed by atoms with Gasteiger partial charge < -0.3 is 18.9 Å². The van der Waals surface area contributed by atoms with Crippen LogP contribution in [0.25, 0.3) is 22.3 Å². The van der Waals surface area contributed by atoms with Gasteiger partial charge in [0, 0.05) is 48.8 Å². The number of benzene rings is 4. The zero-order chi connectivity index (χ0) is 44.3. The van der Waals surface area contributed by atoms with E-state index >= 15 is 0 Å². The smallest absolute Gasteiger partial charge is 0.417 e. The van der Waals surface area contributed by atoms with E-state index in [9.17, 15) is 26.4 Å². The van der Waals surface area contributed by atoms with E-state index in [0.29, 0.717) is 33.8 Å². The molecule has 0 saturated heterocycles. The molecule has 2 aromatic heterocycles. The summed E-state index contributed by atoms with van der Waals surface area (Å²) in [4.78, 5) is 34.8. The van der Waals surface area contributed by atoms with Gasteiger partial charge >= 0.3 is 11.9 Å². The molecule has 0 radical (unpaired) electrons. The number of nitrogens with one attached hydrogen (secondary N) is 2. The van der Waals surface area contributed by atoms with Crippen molar-refractivity contribution in [1.29, 1.82) is 0 Å². The molecule has 6 aromatic rings. The van der Waals surface area contributed by atoms with E-state index in [1.807, 2.05) is 48.5 Å². The number of aromatic nitrogens is 2. The molecule has 4 unspecified atom stereocenters. The normalized spacial score (nSPS) is 13.5. The first-order valence-electron chi connectivity index (χ1n) is 19.6. The van der Waals surface area contributed by atoms with Gasteiger partial charge in [-0.1, -0.05) is 60.7 Å². The highest BCUT2D eigenvalue weighted by Crippen LogP contribution is 2.32. The van der Waals surface area contributed by atoms with Crippen molar-refractivity contribution < 1.29 is 45.4 Å². The lowest BCUT2D eigenvalue weighted by molar-refractivity contribution is -0.174. The van der Waals surface area contributed by atoms with Gasteiger partial charge in [-0.05, 0) is 111 Å². The van der Waals surface area contributed by atoms with Gasteiger partial charge in [0.1, 0.15) is 35.9 Å². The maximum absolute atomic E-state index is 13.1. The van der Waals surface area contributed by atoms with E-state index in [1.54, 1.807) is 99.3 Å². The van der Waals surface area contributed by atoms with Crippen LogP contribution in [0.3, 0.4) is 0 Å². The number of sulfonamides is 2. The Bertz CT molecular complexity index is 2480. The zero-order valence-corrected chi connectivity index (χ0v) is 36.0. The van der Waals surface area contributed by atoms with Crippen molar-refractivity contribution in [2.75, 3.05) is 14.1 Å². The fourth-order valence-electron chi connectivity index (χ4n) is 6.50. The van der Waals surface area contributed by atoms with Gasteiger partial charge in [0.25, 0.3) is 0 Å². The Hall–Kier alpha value is -6.46.